The zero-order valence-electron chi connectivity index (χ0n) is 71.9. The predicted octanol–water partition coefficient (Wildman–Crippen LogP) is 25.9. The van der Waals surface area contributed by atoms with Gasteiger partial charge in [-0.3, -0.25) is 4.79 Å². The summed E-state index contributed by atoms with van der Waals surface area (Å²) >= 11 is 17.0. The zero-order chi connectivity index (χ0) is 87.9. The van der Waals surface area contributed by atoms with Crippen LogP contribution < -0.4 is 69.7 Å². The first kappa shape index (κ1) is 107. The Kier molecular flexibility index (Phi) is 58.1. The van der Waals surface area contributed by atoms with E-state index >= 15 is 0 Å². The number of rotatable bonds is 28. The summed E-state index contributed by atoms with van der Waals surface area (Å²) in [7, 11) is 12.6. The summed E-state index contributed by atoms with van der Waals surface area (Å²) in [6.07, 6.45) is 21.2. The van der Waals surface area contributed by atoms with Gasteiger partial charge >= 0.3 is 150 Å². The summed E-state index contributed by atoms with van der Waals surface area (Å²) in [4.78, 5) is 10.4. The van der Waals surface area contributed by atoms with Crippen LogP contribution in [0.15, 0.2) is 285 Å². The molecule has 0 aliphatic rings. The van der Waals surface area contributed by atoms with Crippen molar-refractivity contribution in [1.29, 1.82) is 0 Å². The quantitative estimate of drug-likeness (QED) is 0.0185. The Labute approximate surface area is 755 Å². The molecule has 0 bridgehead atoms. The van der Waals surface area contributed by atoms with Crippen molar-refractivity contribution in [3.63, 3.8) is 0 Å². The van der Waals surface area contributed by atoms with Gasteiger partial charge in [0.1, 0.15) is 63.8 Å². The molecular weight excluding hydrogens is 1850 g/mol. The number of aromatic hydroxyl groups is 2. The topological polar surface area (TPSA) is 152 Å². The Morgan fingerprint density at radius 2 is 0.605 bits per heavy atom. The number of carbonyl (C=O) groups excluding carboxylic acids is 1. The van der Waals surface area contributed by atoms with E-state index in [2.05, 4.69) is 339 Å². The van der Waals surface area contributed by atoms with E-state index in [-0.39, 0.29) is 21.3 Å². The summed E-state index contributed by atoms with van der Waals surface area (Å²) < 4.78 is 41.2. The van der Waals surface area contributed by atoms with Crippen LogP contribution >= 0.6 is 91.9 Å². The number of hydrogen-bond acceptors (Lipinski definition) is 12. The number of halogens is 5. The standard InChI is InChI=1S/C21H22BrP.C18H15P.C12H18O2.2C12H16O2.C10H14O2.C9H10O3.C3H7Br.C2H6O.BBr3/c1-2-18-23(22,19-12-6-3-7-13-19,20-14-8-4-9-15-20)21-16-10-5-11-17-21;1-4-10-16(11-5-1)19(17-12-6-2-7-13-17)18-14-8-3-9-15-18;3*1-4-5-6-10-7-11(13-2)9-12(8-10)14-3;1-2-3-4-8-5-9(11)7-10(12)6-8;1-11-8-3-7(6-10)4-9(5-8)12-2;1-2-3-4;1-2-3;2-1(3)4/h3-17H,2,18H2,1H3;1-15H;7-9H,4-6H2,1-3H3;2*5-9H,4H2,1-3H3;5-7,11-12H,2-4H2,1H3;3-6H,1-2H3;2-3H2,1H3;3H,2H2,1H3;/b;;;6-5+;6-5-;;;;;. The van der Waals surface area contributed by atoms with Crippen molar-refractivity contribution in [2.24, 2.45) is 0 Å². The molecule has 0 aromatic heterocycles. The number of benzene rings is 11. The van der Waals surface area contributed by atoms with Crippen molar-refractivity contribution < 1.29 is 58.0 Å². The molecule has 119 heavy (non-hydrogen) atoms. The summed E-state index contributed by atoms with van der Waals surface area (Å²) in [6, 6.07) is 92.6. The molecule has 640 valence electrons. The number of aryl methyl sites for hydroxylation is 2. The van der Waals surface area contributed by atoms with Gasteiger partial charge in [0.15, 0.2) is 0 Å². The molecule has 0 unspecified atom stereocenters. The number of aldehydes is 1. The average Bonchev–Trinajstić information content (AvgIpc) is 0.708. The van der Waals surface area contributed by atoms with Crippen molar-refractivity contribution in [3.05, 3.63) is 313 Å². The summed E-state index contributed by atoms with van der Waals surface area (Å²) in [6.45, 7) is 14.9. The van der Waals surface area contributed by atoms with Gasteiger partial charge in [-0.2, -0.15) is 0 Å². The van der Waals surface area contributed by atoms with Gasteiger partial charge in [0.25, 0.3) is 0 Å². The molecule has 20 heteroatoms. The molecule has 0 amide bonds. The predicted molar refractivity (Wildman–Crippen MR) is 533 cm³/mol. The van der Waals surface area contributed by atoms with Gasteiger partial charge in [0.05, 0.1) is 56.9 Å². The maximum absolute atomic E-state index is 10.4. The molecule has 0 saturated carbocycles. The Hall–Kier alpha value is -8.15. The minimum Gasteiger partial charge on any atom is -0.497 e. The smallest absolute Gasteiger partial charge is 0.150 e. The average molecular weight is 1980 g/mol. The van der Waals surface area contributed by atoms with E-state index in [0.29, 0.717) is 17.1 Å². The zero-order valence-corrected chi connectivity index (χ0v) is 81.7. The molecule has 0 atom stereocenters. The Morgan fingerprint density at radius 1 is 0.361 bits per heavy atom. The number of allylic oxidation sites excluding steroid dienone is 2. The van der Waals surface area contributed by atoms with Crippen LogP contribution in [0.1, 0.15) is 132 Å². The van der Waals surface area contributed by atoms with E-state index in [1.54, 1.807) is 94.1 Å². The van der Waals surface area contributed by atoms with Crippen LogP contribution in [-0.4, -0.2) is 99.8 Å². The molecular formula is C99H124BBr5O12P2. The number of aliphatic hydroxyl groups is 1. The maximum atomic E-state index is 10.4. The molecule has 0 saturated heterocycles. The molecule has 0 heterocycles. The minimum atomic E-state index is -2.62. The number of carbonyl (C=O) groups is 1. The second-order valence-corrected chi connectivity index (χ2v) is 44.5. The third kappa shape index (κ3) is 41.3. The number of hydrogen-bond donors (Lipinski definition) is 3. The molecule has 12 nitrogen and oxygen atoms in total. The van der Waals surface area contributed by atoms with E-state index in [1.165, 1.54) is 62.7 Å². The fraction of sp³-hybridized carbons (Fsp3) is 0.283. The van der Waals surface area contributed by atoms with Crippen molar-refractivity contribution in [2.45, 2.75) is 113 Å². The number of aliphatic hydroxyl groups excluding tert-OH is 1. The fourth-order valence-electron chi connectivity index (χ4n) is 11.5. The number of phenols is 2. The number of methoxy groups -OCH3 is 8. The van der Waals surface area contributed by atoms with Crippen LogP contribution in [0, 0.1) is 0 Å². The summed E-state index contributed by atoms with van der Waals surface area (Å²) in [5.41, 5.74) is 5.02. The summed E-state index contributed by atoms with van der Waals surface area (Å²) in [5, 5.41) is 32.7. The number of phenolic OH excluding ortho intramolecular Hbond substituents is 2. The molecule has 11 aromatic carbocycles. The minimum absolute atomic E-state index is 0.140. The second-order valence-electron chi connectivity index (χ2n) is 26.0. The Bertz CT molecular complexity index is 4130. The van der Waals surface area contributed by atoms with E-state index in [9.17, 15) is 4.79 Å². The van der Waals surface area contributed by atoms with Gasteiger partial charge < -0.3 is 53.2 Å². The van der Waals surface area contributed by atoms with Crippen molar-refractivity contribution in [3.8, 4) is 57.5 Å². The van der Waals surface area contributed by atoms with Crippen LogP contribution in [0.5, 0.6) is 57.5 Å². The van der Waals surface area contributed by atoms with Gasteiger partial charge in [-0.15, -0.1) is 47.3 Å². The van der Waals surface area contributed by atoms with E-state index in [4.69, 9.17) is 53.2 Å². The second kappa shape index (κ2) is 64.7. The largest absolute Gasteiger partial charge is 0.497 e. The molecule has 11 rings (SSSR count). The van der Waals surface area contributed by atoms with E-state index < -0.39 is 13.2 Å². The molecule has 0 fully saturated rings. The van der Waals surface area contributed by atoms with Crippen LogP contribution in [0.25, 0.3) is 12.2 Å². The third-order valence-electron chi connectivity index (χ3n) is 17.1. The number of ether oxygens (including phenoxy) is 8. The third-order valence-corrected chi connectivity index (χ3v) is 30.5. The molecule has 3 N–H and O–H groups in total. The van der Waals surface area contributed by atoms with Crippen LogP contribution in [0.4, 0.5) is 0 Å². The fourth-order valence-corrected chi connectivity index (χ4v) is 21.9. The number of unbranched alkanes of at least 4 members (excludes halogenated alkanes) is 2. The molecule has 0 aliphatic heterocycles. The van der Waals surface area contributed by atoms with Crippen molar-refractivity contribution in [1.82, 2.24) is 0 Å². The van der Waals surface area contributed by atoms with Gasteiger partial charge in [0, 0.05) is 47.8 Å². The van der Waals surface area contributed by atoms with Crippen LogP contribution in [0.2, 0.25) is 0 Å². The first-order valence-corrected chi connectivity index (χ1v) is 49.4. The van der Waals surface area contributed by atoms with Crippen LogP contribution in [-0.2, 0) is 12.8 Å². The SMILES string of the molecule is BrB(Br)Br.CC/C=C/c1cc(OC)cc(OC)c1.CC/C=C\c1cc(OC)cc(OC)c1.CCCBr.CCCCc1cc(O)cc(O)c1.CCCCc1cc(OC)cc(OC)c1.CCCP(Br)(c1ccccc1)(c1ccccc1)c1ccccc1.CCO.COc1cc(C=O)cc(OC)c1.c1ccc(P(c2ccccc2)c2ccccc2)cc1. The Morgan fingerprint density at radius 3 is 0.832 bits per heavy atom. The van der Waals surface area contributed by atoms with Crippen molar-refractivity contribution in [2.75, 3.05) is 75.0 Å². The van der Waals surface area contributed by atoms with Crippen molar-refractivity contribution >= 4 is 145 Å². The maximum Gasteiger partial charge on any atom is 0.150 e. The van der Waals surface area contributed by atoms with E-state index in [0.717, 1.165) is 114 Å². The number of alkyl halides is 1. The monoisotopic (exact) mass is 1970 g/mol. The molecule has 0 aliphatic carbocycles. The van der Waals surface area contributed by atoms with E-state index in [1.807, 2.05) is 42.5 Å². The first-order chi connectivity index (χ1) is 57.6. The van der Waals surface area contributed by atoms with Gasteiger partial charge in [0.2, 0.25) is 0 Å². The van der Waals surface area contributed by atoms with Gasteiger partial charge in [-0.25, -0.2) is 0 Å². The Balaban J connectivity index is 0.000000466. The molecule has 11 aromatic rings. The summed E-state index contributed by atoms with van der Waals surface area (Å²) in [5.74, 6) is 6.54. The molecule has 0 spiro atoms. The normalized spacial score (nSPS) is 10.5. The molecule has 0 radical (unpaired) electrons. The van der Waals surface area contributed by atoms with Gasteiger partial charge in [-0.1, -0.05) is 179 Å². The first-order valence-electron chi connectivity index (χ1n) is 39.8. The van der Waals surface area contributed by atoms with Crippen LogP contribution in [0.3, 0.4) is 0 Å². The van der Waals surface area contributed by atoms with Gasteiger partial charge in [-0.05, 0) is 159 Å².